The topological polar surface area (TPSA) is 0 Å². The fraction of sp³-hybridized carbons (Fsp3) is 1.00. The Morgan fingerprint density at radius 2 is 2.25 bits per heavy atom. The molecular weight excluding hydrogens is 96.1 g/mol. The molecule has 0 heteroatoms. The summed E-state index contributed by atoms with van der Waals surface area (Å²) in [5.41, 5.74) is 0.954. The summed E-state index contributed by atoms with van der Waals surface area (Å²) in [6, 6.07) is 0. The molecule has 0 aliphatic heterocycles. The van der Waals surface area contributed by atoms with Crippen molar-refractivity contribution < 1.29 is 0 Å². The molecule has 0 saturated heterocycles. The Kier molecular flexibility index (Phi) is 0.211. The summed E-state index contributed by atoms with van der Waals surface area (Å²) in [4.78, 5) is 0. The van der Waals surface area contributed by atoms with Crippen LogP contribution in [0.4, 0.5) is 0 Å². The van der Waals surface area contributed by atoms with Gasteiger partial charge in [-0.15, -0.1) is 0 Å². The molecule has 5 rings (SSSR count). The lowest BCUT2D eigenvalue weighted by atomic mass is 9.87. The van der Waals surface area contributed by atoms with Crippen molar-refractivity contribution in [2.45, 2.75) is 13.3 Å². The summed E-state index contributed by atoms with van der Waals surface area (Å²) in [6.45, 7) is 2.52. The molecule has 0 aromatic heterocycles. The minimum Gasteiger partial charge on any atom is -0.0588 e. The third kappa shape index (κ3) is 0.104. The van der Waals surface area contributed by atoms with Gasteiger partial charge in [-0.1, -0.05) is 6.92 Å². The predicted molar refractivity (Wildman–Crippen MR) is 30.2 cm³/mol. The molecule has 0 spiro atoms. The van der Waals surface area contributed by atoms with Crippen molar-refractivity contribution in [3.05, 3.63) is 0 Å². The molecule has 42 valence electrons. The maximum atomic E-state index is 2.52. The van der Waals surface area contributed by atoms with Crippen LogP contribution in [0.25, 0.3) is 0 Å². The van der Waals surface area contributed by atoms with Crippen molar-refractivity contribution in [2.24, 2.45) is 35.0 Å². The molecule has 5 saturated carbocycles. The molecule has 2 unspecified atom stereocenters. The molecule has 2 bridgehead atoms. The van der Waals surface area contributed by atoms with Crippen LogP contribution in [-0.4, -0.2) is 0 Å². The van der Waals surface area contributed by atoms with E-state index in [0.717, 1.165) is 5.41 Å². The Balaban J connectivity index is 2.12. The lowest BCUT2D eigenvalue weighted by Gasteiger charge is -2.17. The Bertz CT molecular complexity index is 175. The zero-order valence-electron chi connectivity index (χ0n) is 5.09. The molecular formula is C8H10. The molecule has 0 aromatic rings. The molecule has 0 amide bonds. The lowest BCUT2D eigenvalue weighted by Crippen LogP contribution is -2.13. The molecule has 5 aliphatic rings. The van der Waals surface area contributed by atoms with Crippen molar-refractivity contribution in [3.8, 4) is 0 Å². The highest BCUT2D eigenvalue weighted by Crippen LogP contribution is 2.98. The van der Waals surface area contributed by atoms with Gasteiger partial charge in [0.25, 0.3) is 0 Å². The minimum absolute atomic E-state index is 0.954. The van der Waals surface area contributed by atoms with Crippen LogP contribution in [-0.2, 0) is 0 Å². The second kappa shape index (κ2) is 0.521. The first-order chi connectivity index (χ1) is 3.85. The highest BCUT2D eigenvalue weighted by Gasteiger charge is 2.94. The van der Waals surface area contributed by atoms with E-state index >= 15 is 0 Å². The van der Waals surface area contributed by atoms with Crippen LogP contribution in [0.1, 0.15) is 13.3 Å². The van der Waals surface area contributed by atoms with Crippen molar-refractivity contribution in [2.75, 3.05) is 0 Å². The molecule has 8 heavy (non-hydrogen) atoms. The lowest BCUT2D eigenvalue weighted by molar-refractivity contribution is 0.294. The van der Waals surface area contributed by atoms with E-state index in [0.29, 0.717) is 0 Å². The fourth-order valence-corrected chi connectivity index (χ4v) is 4.46. The van der Waals surface area contributed by atoms with Crippen LogP contribution in [0, 0.1) is 35.0 Å². The van der Waals surface area contributed by atoms with Gasteiger partial charge in [-0.3, -0.25) is 0 Å². The van der Waals surface area contributed by atoms with Crippen molar-refractivity contribution >= 4 is 0 Å². The monoisotopic (exact) mass is 106 g/mol. The van der Waals surface area contributed by atoms with Gasteiger partial charge in [-0.05, 0) is 41.4 Å². The summed E-state index contributed by atoms with van der Waals surface area (Å²) >= 11 is 0. The maximum absolute atomic E-state index is 2.52. The molecule has 5 aliphatic carbocycles. The quantitative estimate of drug-likeness (QED) is 0.439. The highest BCUT2D eigenvalue weighted by atomic mass is 15.0. The van der Waals surface area contributed by atoms with Gasteiger partial charge in [-0.2, -0.15) is 0 Å². The third-order valence-electron chi connectivity index (χ3n) is 4.73. The molecule has 0 nitrogen and oxygen atoms in total. The average Bonchev–Trinajstić information content (AvgIpc) is 2.37. The summed E-state index contributed by atoms with van der Waals surface area (Å²) < 4.78 is 0. The SMILES string of the molecule is C[C@]12C3CC4[C@H]([C@@H]41)[C@H]32. The Hall–Kier alpha value is 0. The number of hydrogen-bond donors (Lipinski definition) is 0. The van der Waals surface area contributed by atoms with Crippen molar-refractivity contribution in [3.63, 3.8) is 0 Å². The molecule has 0 heterocycles. The van der Waals surface area contributed by atoms with E-state index in [2.05, 4.69) is 6.92 Å². The van der Waals surface area contributed by atoms with Crippen molar-refractivity contribution in [1.29, 1.82) is 0 Å². The standard InChI is InChI=1S/C8H10/c1-8-4-2-3-5(6(3)8)7(4)8/h3-7H,2H2,1H3/t3?,4?,5-,6-,7+,8+/m1/s1. The van der Waals surface area contributed by atoms with Crippen LogP contribution >= 0.6 is 0 Å². The van der Waals surface area contributed by atoms with E-state index in [4.69, 9.17) is 0 Å². The molecule has 0 aromatic carbocycles. The minimum atomic E-state index is 0.954. The van der Waals surface area contributed by atoms with Crippen LogP contribution in [0.15, 0.2) is 0 Å². The van der Waals surface area contributed by atoms with Gasteiger partial charge < -0.3 is 0 Å². The van der Waals surface area contributed by atoms with E-state index in [1.54, 1.807) is 6.42 Å². The van der Waals surface area contributed by atoms with Crippen molar-refractivity contribution in [1.82, 2.24) is 0 Å². The summed E-state index contributed by atoms with van der Waals surface area (Å²) in [5, 5.41) is 0. The summed E-state index contributed by atoms with van der Waals surface area (Å²) in [5.74, 6) is 6.30. The first kappa shape index (κ1) is 3.24. The van der Waals surface area contributed by atoms with Crippen LogP contribution in [0.3, 0.4) is 0 Å². The fourth-order valence-electron chi connectivity index (χ4n) is 4.46. The molecule has 6 atom stereocenters. The van der Waals surface area contributed by atoms with E-state index in [1.165, 1.54) is 29.6 Å². The maximum Gasteiger partial charge on any atom is -0.0227 e. The van der Waals surface area contributed by atoms with Gasteiger partial charge in [0.05, 0.1) is 0 Å². The highest BCUT2D eigenvalue weighted by molar-refractivity contribution is 5.41. The van der Waals surface area contributed by atoms with Gasteiger partial charge in [0.15, 0.2) is 0 Å². The second-order valence-electron chi connectivity index (χ2n) is 4.50. The van der Waals surface area contributed by atoms with Gasteiger partial charge in [0.1, 0.15) is 0 Å². The summed E-state index contributed by atoms with van der Waals surface area (Å²) in [7, 11) is 0. The zero-order valence-corrected chi connectivity index (χ0v) is 5.09. The third-order valence-corrected chi connectivity index (χ3v) is 4.73. The second-order valence-corrected chi connectivity index (χ2v) is 4.50. The Morgan fingerprint density at radius 3 is 2.38 bits per heavy atom. The molecule has 0 radical (unpaired) electrons. The molecule has 0 N–H and O–H groups in total. The normalized spacial score (nSPS) is 94.9. The first-order valence-electron chi connectivity index (χ1n) is 3.85. The van der Waals surface area contributed by atoms with E-state index < -0.39 is 0 Å². The van der Waals surface area contributed by atoms with Gasteiger partial charge in [-0.25, -0.2) is 0 Å². The largest absolute Gasteiger partial charge is 0.0588 e. The zero-order chi connectivity index (χ0) is 5.09. The number of rotatable bonds is 0. The van der Waals surface area contributed by atoms with E-state index in [9.17, 15) is 0 Å². The Morgan fingerprint density at radius 1 is 1.38 bits per heavy atom. The summed E-state index contributed by atoms with van der Waals surface area (Å²) in [6.07, 6.45) is 1.64. The van der Waals surface area contributed by atoms with E-state index in [1.807, 2.05) is 0 Å². The predicted octanol–water partition coefficient (Wildman–Crippen LogP) is 1.52. The average molecular weight is 106 g/mol. The van der Waals surface area contributed by atoms with E-state index in [-0.39, 0.29) is 0 Å². The molecule has 5 fully saturated rings. The smallest absolute Gasteiger partial charge is 0.0227 e. The van der Waals surface area contributed by atoms with Gasteiger partial charge in [0.2, 0.25) is 0 Å². The van der Waals surface area contributed by atoms with Crippen LogP contribution in [0.5, 0.6) is 0 Å². The van der Waals surface area contributed by atoms with Crippen LogP contribution in [0.2, 0.25) is 0 Å². The van der Waals surface area contributed by atoms with Gasteiger partial charge >= 0.3 is 0 Å². The Labute approximate surface area is 49.3 Å². The van der Waals surface area contributed by atoms with Gasteiger partial charge in [0, 0.05) is 0 Å². The van der Waals surface area contributed by atoms with Crippen LogP contribution < -0.4 is 0 Å². The first-order valence-corrected chi connectivity index (χ1v) is 3.85. The number of hydrogen-bond acceptors (Lipinski definition) is 0.